The summed E-state index contributed by atoms with van der Waals surface area (Å²) in [4.78, 5) is 8.42. The highest BCUT2D eigenvalue weighted by Gasteiger charge is 2.28. The number of aromatic nitrogens is 2. The summed E-state index contributed by atoms with van der Waals surface area (Å²) < 4.78 is 5.39. The molecule has 0 saturated heterocycles. The van der Waals surface area contributed by atoms with Crippen LogP contribution in [0, 0.1) is 5.41 Å². The number of hydrogen-bond acceptors (Lipinski definition) is 4. The van der Waals surface area contributed by atoms with E-state index in [2.05, 4.69) is 30.7 Å². The van der Waals surface area contributed by atoms with Crippen LogP contribution in [-0.4, -0.2) is 22.2 Å². The minimum Gasteiger partial charge on any atom is -0.390 e. The minimum atomic E-state index is -0.163. The molecule has 4 heteroatoms. The van der Waals surface area contributed by atoms with Crippen LogP contribution in [0.15, 0.2) is 12.3 Å². The summed E-state index contributed by atoms with van der Waals surface area (Å²) in [5, 5.41) is 8.99. The molecule has 0 amide bonds. The van der Waals surface area contributed by atoms with Crippen LogP contribution in [0.3, 0.4) is 0 Å². The van der Waals surface area contributed by atoms with E-state index < -0.39 is 0 Å². The molecule has 0 radical (unpaired) electrons. The number of nitrogens with zero attached hydrogens (tertiary/aromatic N) is 2. The predicted octanol–water partition coefficient (Wildman–Crippen LogP) is 1.70. The smallest absolute Gasteiger partial charge is 0.157 e. The Balaban J connectivity index is 3.02. The van der Waals surface area contributed by atoms with Crippen molar-refractivity contribution in [2.75, 3.05) is 7.11 Å². The molecule has 0 aliphatic heterocycles. The highest BCUT2D eigenvalue weighted by atomic mass is 16.5. The average molecular weight is 210 g/mol. The third-order valence-electron chi connectivity index (χ3n) is 2.15. The Morgan fingerprint density at radius 1 is 1.47 bits per heavy atom. The molecule has 4 nitrogen and oxygen atoms in total. The standard InChI is InChI=1S/C11H18N2O2/c1-11(2,3)9(15-4)10-12-6-5-8(7-14)13-10/h5-6,9,14H,7H2,1-4H3. The quantitative estimate of drug-likeness (QED) is 0.825. The predicted molar refractivity (Wildman–Crippen MR) is 57.2 cm³/mol. The molecule has 0 aliphatic carbocycles. The minimum absolute atomic E-state index is 0.0666. The van der Waals surface area contributed by atoms with Crippen LogP contribution in [0.25, 0.3) is 0 Å². The highest BCUT2D eigenvalue weighted by molar-refractivity contribution is 5.05. The number of ether oxygens (including phenoxy) is 1. The van der Waals surface area contributed by atoms with E-state index in [4.69, 9.17) is 9.84 Å². The SMILES string of the molecule is COC(c1nccc(CO)n1)C(C)(C)C. The normalized spacial score (nSPS) is 13.9. The number of hydrogen-bond donors (Lipinski definition) is 1. The summed E-state index contributed by atoms with van der Waals surface area (Å²) in [5.74, 6) is 0.622. The Kier molecular flexibility index (Phi) is 3.77. The molecule has 84 valence electrons. The van der Waals surface area contributed by atoms with E-state index >= 15 is 0 Å². The summed E-state index contributed by atoms with van der Waals surface area (Å²) in [5.41, 5.74) is 0.550. The third kappa shape index (κ3) is 2.97. The summed E-state index contributed by atoms with van der Waals surface area (Å²) >= 11 is 0. The van der Waals surface area contributed by atoms with Crippen LogP contribution in [0.4, 0.5) is 0 Å². The van der Waals surface area contributed by atoms with Gasteiger partial charge >= 0.3 is 0 Å². The van der Waals surface area contributed by atoms with Gasteiger partial charge in [-0.2, -0.15) is 0 Å². The fourth-order valence-corrected chi connectivity index (χ4v) is 1.47. The lowest BCUT2D eigenvalue weighted by atomic mass is 9.88. The van der Waals surface area contributed by atoms with Crippen LogP contribution < -0.4 is 0 Å². The second kappa shape index (κ2) is 4.68. The second-order valence-corrected chi connectivity index (χ2v) is 4.55. The van der Waals surface area contributed by atoms with Crippen LogP contribution in [0.2, 0.25) is 0 Å². The van der Waals surface area contributed by atoms with E-state index in [-0.39, 0.29) is 18.1 Å². The topological polar surface area (TPSA) is 55.2 Å². The van der Waals surface area contributed by atoms with Crippen molar-refractivity contribution in [2.45, 2.75) is 33.5 Å². The lowest BCUT2D eigenvalue weighted by Gasteiger charge is -2.27. The molecule has 1 atom stereocenters. The monoisotopic (exact) mass is 210 g/mol. The van der Waals surface area contributed by atoms with Crippen molar-refractivity contribution in [2.24, 2.45) is 5.41 Å². The van der Waals surface area contributed by atoms with Gasteiger partial charge in [-0.05, 0) is 11.5 Å². The Morgan fingerprint density at radius 2 is 2.13 bits per heavy atom. The molecule has 1 unspecified atom stereocenters. The lowest BCUT2D eigenvalue weighted by molar-refractivity contribution is 0.00833. The number of aliphatic hydroxyl groups is 1. The molecule has 1 aromatic rings. The van der Waals surface area contributed by atoms with Gasteiger partial charge in [0.1, 0.15) is 6.10 Å². The van der Waals surface area contributed by atoms with Gasteiger partial charge in [0, 0.05) is 13.3 Å². The van der Waals surface area contributed by atoms with Gasteiger partial charge in [-0.15, -0.1) is 0 Å². The molecular formula is C11H18N2O2. The van der Waals surface area contributed by atoms with Crippen LogP contribution in [-0.2, 0) is 11.3 Å². The summed E-state index contributed by atoms with van der Waals surface area (Å²) in [6.07, 6.45) is 1.48. The fourth-order valence-electron chi connectivity index (χ4n) is 1.47. The summed E-state index contributed by atoms with van der Waals surface area (Å²) in [7, 11) is 1.64. The van der Waals surface area contributed by atoms with Crippen molar-refractivity contribution >= 4 is 0 Å². The van der Waals surface area contributed by atoms with Gasteiger partial charge in [0.25, 0.3) is 0 Å². The van der Waals surface area contributed by atoms with Gasteiger partial charge in [0.15, 0.2) is 5.82 Å². The molecule has 0 bridgehead atoms. The van der Waals surface area contributed by atoms with E-state index in [1.54, 1.807) is 19.4 Å². The number of rotatable bonds is 3. The van der Waals surface area contributed by atoms with Gasteiger partial charge in [0.2, 0.25) is 0 Å². The van der Waals surface area contributed by atoms with Crippen molar-refractivity contribution in [3.8, 4) is 0 Å². The maximum absolute atomic E-state index is 8.99. The molecule has 15 heavy (non-hydrogen) atoms. The second-order valence-electron chi connectivity index (χ2n) is 4.55. The molecule has 0 saturated carbocycles. The zero-order valence-corrected chi connectivity index (χ0v) is 9.69. The molecule has 0 aromatic carbocycles. The maximum Gasteiger partial charge on any atom is 0.157 e. The Bertz CT molecular complexity index is 321. The Labute approximate surface area is 90.3 Å². The van der Waals surface area contributed by atoms with Gasteiger partial charge < -0.3 is 9.84 Å². The van der Waals surface area contributed by atoms with E-state index in [9.17, 15) is 0 Å². The molecular weight excluding hydrogens is 192 g/mol. The van der Waals surface area contributed by atoms with E-state index in [1.165, 1.54) is 0 Å². The number of aliphatic hydroxyl groups excluding tert-OH is 1. The molecule has 0 aliphatic rings. The molecule has 1 heterocycles. The average Bonchev–Trinajstić information content (AvgIpc) is 2.17. The van der Waals surface area contributed by atoms with Crippen LogP contribution in [0.1, 0.15) is 38.4 Å². The molecule has 1 rings (SSSR count). The first-order valence-corrected chi connectivity index (χ1v) is 4.94. The molecule has 0 fully saturated rings. The van der Waals surface area contributed by atoms with Crippen molar-refractivity contribution in [1.29, 1.82) is 0 Å². The first-order chi connectivity index (χ1) is 6.99. The van der Waals surface area contributed by atoms with E-state index in [1.807, 2.05) is 0 Å². The van der Waals surface area contributed by atoms with Gasteiger partial charge in [-0.25, -0.2) is 9.97 Å². The number of methoxy groups -OCH3 is 1. The highest BCUT2D eigenvalue weighted by Crippen LogP contribution is 2.33. The summed E-state index contributed by atoms with van der Waals surface area (Å²) in [6, 6.07) is 1.69. The largest absolute Gasteiger partial charge is 0.390 e. The zero-order chi connectivity index (χ0) is 11.5. The van der Waals surface area contributed by atoms with Gasteiger partial charge in [0.05, 0.1) is 12.3 Å². The Hall–Kier alpha value is -1.00. The molecule has 1 aromatic heterocycles. The van der Waals surface area contributed by atoms with Crippen LogP contribution >= 0.6 is 0 Å². The first kappa shape index (κ1) is 12.1. The van der Waals surface area contributed by atoms with Gasteiger partial charge in [-0.1, -0.05) is 20.8 Å². The van der Waals surface area contributed by atoms with Crippen molar-refractivity contribution in [1.82, 2.24) is 9.97 Å². The summed E-state index contributed by atoms with van der Waals surface area (Å²) in [6.45, 7) is 6.12. The van der Waals surface area contributed by atoms with Crippen molar-refractivity contribution in [3.05, 3.63) is 23.8 Å². The maximum atomic E-state index is 8.99. The zero-order valence-electron chi connectivity index (χ0n) is 9.69. The van der Waals surface area contributed by atoms with Gasteiger partial charge in [-0.3, -0.25) is 0 Å². The third-order valence-corrected chi connectivity index (χ3v) is 2.15. The van der Waals surface area contributed by atoms with Crippen molar-refractivity contribution in [3.63, 3.8) is 0 Å². The first-order valence-electron chi connectivity index (χ1n) is 4.94. The van der Waals surface area contributed by atoms with E-state index in [0.29, 0.717) is 11.5 Å². The lowest BCUT2D eigenvalue weighted by Crippen LogP contribution is -2.22. The molecule has 1 N–H and O–H groups in total. The van der Waals surface area contributed by atoms with E-state index in [0.717, 1.165) is 0 Å². The van der Waals surface area contributed by atoms with Crippen molar-refractivity contribution < 1.29 is 9.84 Å². The fraction of sp³-hybridized carbons (Fsp3) is 0.636. The molecule has 0 spiro atoms. The Morgan fingerprint density at radius 3 is 2.60 bits per heavy atom. The van der Waals surface area contributed by atoms with Crippen LogP contribution in [0.5, 0.6) is 0 Å².